The Morgan fingerprint density at radius 2 is 2.71 bits per heavy atom. The summed E-state index contributed by atoms with van der Waals surface area (Å²) in [5, 5.41) is 8.05. The Balaban J connectivity index is 3.04. The van der Waals surface area contributed by atoms with E-state index in [1.54, 1.807) is 12.1 Å². The highest BCUT2D eigenvalue weighted by molar-refractivity contribution is 5.12. The minimum absolute atomic E-state index is 0.236. The van der Waals surface area contributed by atoms with Crippen molar-refractivity contribution in [1.82, 2.24) is 0 Å². The summed E-state index contributed by atoms with van der Waals surface area (Å²) in [6.45, 7) is 0. The van der Waals surface area contributed by atoms with E-state index in [2.05, 4.69) is 10.5 Å². The lowest BCUT2D eigenvalue weighted by molar-refractivity contribution is 0.552. The van der Waals surface area contributed by atoms with E-state index in [1.165, 1.54) is 6.26 Å². The van der Waals surface area contributed by atoms with E-state index < -0.39 is 0 Å². The quantitative estimate of drug-likeness (QED) is 0.477. The Morgan fingerprint density at radius 3 is 3.00 bits per heavy atom. The van der Waals surface area contributed by atoms with Gasteiger partial charge in [-0.3, -0.25) is 0 Å². The van der Waals surface area contributed by atoms with Crippen molar-refractivity contribution < 1.29 is 4.42 Å². The molecular formula is C5H2NO. The molecule has 0 aromatic carbocycles. The maximum Gasteiger partial charge on any atom is 0.211 e. The molecule has 0 saturated heterocycles. The summed E-state index contributed by atoms with van der Waals surface area (Å²) >= 11 is 0. The molecule has 2 heteroatoms. The first-order chi connectivity index (χ1) is 3.43. The summed E-state index contributed by atoms with van der Waals surface area (Å²) in [6, 6.07) is 5.90. The predicted molar refractivity (Wildman–Crippen MR) is 22.3 cm³/mol. The minimum atomic E-state index is 0.236. The molecule has 0 aliphatic rings. The molecule has 7 heavy (non-hydrogen) atoms. The maximum absolute atomic E-state index is 8.05. The maximum atomic E-state index is 8.05. The van der Waals surface area contributed by atoms with Gasteiger partial charge >= 0.3 is 0 Å². The second kappa shape index (κ2) is 1.48. The van der Waals surface area contributed by atoms with E-state index in [9.17, 15) is 0 Å². The zero-order valence-corrected chi connectivity index (χ0v) is 3.51. The molecular weight excluding hydrogens is 90.1 g/mol. The molecule has 0 aliphatic carbocycles. The van der Waals surface area contributed by atoms with Crippen molar-refractivity contribution in [3.8, 4) is 6.07 Å². The van der Waals surface area contributed by atoms with Gasteiger partial charge < -0.3 is 4.42 Å². The molecule has 33 valence electrons. The molecule has 1 heterocycles. The lowest BCUT2D eigenvalue weighted by atomic mass is 10.5. The van der Waals surface area contributed by atoms with Gasteiger partial charge in [-0.05, 0) is 6.07 Å². The SMILES string of the molecule is N#Cc1[c]cco1. The summed E-state index contributed by atoms with van der Waals surface area (Å²) in [5.74, 6) is 0.236. The van der Waals surface area contributed by atoms with Gasteiger partial charge in [0.25, 0.3) is 0 Å². The van der Waals surface area contributed by atoms with Gasteiger partial charge in [0, 0.05) is 6.07 Å². The molecule has 0 saturated carbocycles. The standard InChI is InChI=1S/C5H2NO/c6-4-5-2-1-3-7-5/h1,3H. The molecule has 0 atom stereocenters. The number of hydrogen-bond acceptors (Lipinski definition) is 2. The van der Waals surface area contributed by atoms with Gasteiger partial charge in [0.05, 0.1) is 6.26 Å². The van der Waals surface area contributed by atoms with E-state index in [-0.39, 0.29) is 5.76 Å². The number of hydrogen-bond donors (Lipinski definition) is 0. The fourth-order valence-corrected chi connectivity index (χ4v) is 0.304. The Morgan fingerprint density at radius 1 is 1.86 bits per heavy atom. The summed E-state index contributed by atoms with van der Waals surface area (Å²) < 4.78 is 4.57. The first kappa shape index (κ1) is 3.94. The molecule has 2 nitrogen and oxygen atoms in total. The van der Waals surface area contributed by atoms with Crippen LogP contribution >= 0.6 is 0 Å². The summed E-state index contributed by atoms with van der Waals surface area (Å²) in [4.78, 5) is 0. The smallest absolute Gasteiger partial charge is 0.211 e. The first-order valence-electron chi connectivity index (χ1n) is 1.79. The predicted octanol–water partition coefficient (Wildman–Crippen LogP) is 0.951. The van der Waals surface area contributed by atoms with E-state index in [1.807, 2.05) is 0 Å². The second-order valence-electron chi connectivity index (χ2n) is 1.01. The number of furan rings is 1. The van der Waals surface area contributed by atoms with Crippen molar-refractivity contribution in [1.29, 1.82) is 5.26 Å². The monoisotopic (exact) mass is 92.0 g/mol. The van der Waals surface area contributed by atoms with Gasteiger partial charge in [-0.2, -0.15) is 5.26 Å². The lowest BCUT2D eigenvalue weighted by Gasteiger charge is -1.65. The number of nitrogens with zero attached hydrogens (tertiary/aromatic N) is 1. The fraction of sp³-hybridized carbons (Fsp3) is 0. The molecule has 1 aromatic rings. The van der Waals surface area contributed by atoms with Crippen LogP contribution in [0.25, 0.3) is 0 Å². The fourth-order valence-electron chi connectivity index (χ4n) is 0.304. The molecule has 0 fully saturated rings. The van der Waals surface area contributed by atoms with E-state index >= 15 is 0 Å². The van der Waals surface area contributed by atoms with Gasteiger partial charge in [-0.25, -0.2) is 0 Å². The van der Waals surface area contributed by atoms with Crippen LogP contribution in [-0.2, 0) is 0 Å². The number of rotatable bonds is 0. The van der Waals surface area contributed by atoms with E-state index in [0.29, 0.717) is 0 Å². The summed E-state index contributed by atoms with van der Waals surface area (Å²) in [6.07, 6.45) is 1.42. The highest BCUT2D eigenvalue weighted by atomic mass is 16.3. The third kappa shape index (κ3) is 0.606. The Bertz CT molecular complexity index is 170. The molecule has 0 amide bonds. The van der Waals surface area contributed by atoms with Gasteiger partial charge in [0.1, 0.15) is 6.07 Å². The van der Waals surface area contributed by atoms with Crippen LogP contribution in [-0.4, -0.2) is 0 Å². The van der Waals surface area contributed by atoms with Crippen LogP contribution in [0.15, 0.2) is 16.7 Å². The molecule has 0 aliphatic heterocycles. The van der Waals surface area contributed by atoms with Crippen molar-refractivity contribution >= 4 is 0 Å². The minimum Gasteiger partial charge on any atom is -0.453 e. The molecule has 0 unspecified atom stereocenters. The third-order valence-electron chi connectivity index (χ3n) is 0.570. The topological polar surface area (TPSA) is 36.9 Å². The van der Waals surface area contributed by atoms with Crippen molar-refractivity contribution in [2.45, 2.75) is 0 Å². The Kier molecular flexibility index (Phi) is 0.833. The normalized spacial score (nSPS) is 7.86. The van der Waals surface area contributed by atoms with Crippen LogP contribution in [0.1, 0.15) is 5.76 Å². The lowest BCUT2D eigenvalue weighted by Crippen LogP contribution is -1.55. The van der Waals surface area contributed by atoms with E-state index in [4.69, 9.17) is 5.26 Å². The van der Waals surface area contributed by atoms with Gasteiger partial charge in [0.15, 0.2) is 0 Å². The molecule has 0 N–H and O–H groups in total. The van der Waals surface area contributed by atoms with Gasteiger partial charge in [0.2, 0.25) is 5.76 Å². The summed E-state index contributed by atoms with van der Waals surface area (Å²) in [7, 11) is 0. The van der Waals surface area contributed by atoms with E-state index in [0.717, 1.165) is 0 Å². The zero-order valence-electron chi connectivity index (χ0n) is 3.51. The molecule has 1 aromatic heterocycles. The van der Waals surface area contributed by atoms with Crippen molar-refractivity contribution in [3.05, 3.63) is 24.2 Å². The largest absolute Gasteiger partial charge is 0.453 e. The Hall–Kier alpha value is -1.23. The molecule has 0 bridgehead atoms. The molecule has 1 rings (SSSR count). The van der Waals surface area contributed by atoms with Crippen LogP contribution in [0.5, 0.6) is 0 Å². The van der Waals surface area contributed by atoms with Crippen molar-refractivity contribution in [2.24, 2.45) is 0 Å². The molecule has 1 radical (unpaired) electrons. The van der Waals surface area contributed by atoms with Crippen LogP contribution in [0.3, 0.4) is 0 Å². The van der Waals surface area contributed by atoms with Crippen LogP contribution in [0.4, 0.5) is 0 Å². The van der Waals surface area contributed by atoms with Gasteiger partial charge in [-0.15, -0.1) is 0 Å². The highest BCUT2D eigenvalue weighted by Gasteiger charge is 1.85. The van der Waals surface area contributed by atoms with Crippen molar-refractivity contribution in [2.75, 3.05) is 0 Å². The highest BCUT2D eigenvalue weighted by Crippen LogP contribution is 1.93. The van der Waals surface area contributed by atoms with Crippen LogP contribution < -0.4 is 0 Å². The molecule has 0 spiro atoms. The average Bonchev–Trinajstić information content (AvgIpc) is 2.14. The number of nitriles is 1. The van der Waals surface area contributed by atoms with Gasteiger partial charge in [-0.1, -0.05) is 0 Å². The van der Waals surface area contributed by atoms with Crippen LogP contribution in [0, 0.1) is 17.4 Å². The third-order valence-corrected chi connectivity index (χ3v) is 0.570. The zero-order chi connectivity index (χ0) is 5.11. The summed E-state index contributed by atoms with van der Waals surface area (Å²) in [5.41, 5.74) is 0. The van der Waals surface area contributed by atoms with Crippen LogP contribution in [0.2, 0.25) is 0 Å². The first-order valence-corrected chi connectivity index (χ1v) is 1.79. The Labute approximate surface area is 41.0 Å². The van der Waals surface area contributed by atoms with Crippen molar-refractivity contribution in [3.63, 3.8) is 0 Å². The average molecular weight is 92.1 g/mol. The second-order valence-corrected chi connectivity index (χ2v) is 1.01.